The standard InChI is InChI=1S/C26H24O/c27-26(18-21-9-3-1-4-10-21,19-22-11-5-2-6-12-22)20-23-15-16-24-13-7-8-14-25(24)17-23/h1-17,27H,18-20H2. The molecule has 0 unspecified atom stereocenters. The quantitative estimate of drug-likeness (QED) is 0.479. The Morgan fingerprint density at radius 1 is 0.481 bits per heavy atom. The zero-order valence-electron chi connectivity index (χ0n) is 15.4. The van der Waals surface area contributed by atoms with Crippen molar-refractivity contribution in [2.75, 3.05) is 0 Å². The molecule has 0 radical (unpaired) electrons. The molecule has 4 aromatic carbocycles. The molecule has 4 rings (SSSR count). The predicted octanol–water partition coefficient (Wildman–Crippen LogP) is 5.60. The van der Waals surface area contributed by atoms with Crippen LogP contribution in [0.1, 0.15) is 16.7 Å². The first-order valence-electron chi connectivity index (χ1n) is 9.48. The molecule has 0 aliphatic carbocycles. The van der Waals surface area contributed by atoms with Crippen LogP contribution in [0.3, 0.4) is 0 Å². The van der Waals surface area contributed by atoms with Gasteiger partial charge in [-0.05, 0) is 27.5 Å². The maximum absolute atomic E-state index is 11.6. The van der Waals surface area contributed by atoms with Gasteiger partial charge in [-0.1, -0.05) is 103 Å². The Balaban J connectivity index is 1.65. The largest absolute Gasteiger partial charge is 0.389 e. The van der Waals surface area contributed by atoms with Crippen LogP contribution in [-0.2, 0) is 19.3 Å². The van der Waals surface area contributed by atoms with Gasteiger partial charge in [0.1, 0.15) is 0 Å². The lowest BCUT2D eigenvalue weighted by molar-refractivity contribution is 0.0411. The minimum absolute atomic E-state index is 0.627. The van der Waals surface area contributed by atoms with Gasteiger partial charge in [0.2, 0.25) is 0 Å². The molecule has 1 nitrogen and oxygen atoms in total. The SMILES string of the molecule is OC(Cc1ccccc1)(Cc1ccccc1)Cc1ccc2ccccc2c1. The third-order valence-electron chi connectivity index (χ3n) is 5.10. The summed E-state index contributed by atoms with van der Waals surface area (Å²) in [4.78, 5) is 0. The van der Waals surface area contributed by atoms with E-state index in [2.05, 4.69) is 66.7 Å². The van der Waals surface area contributed by atoms with Gasteiger partial charge in [-0.2, -0.15) is 0 Å². The van der Waals surface area contributed by atoms with Crippen molar-refractivity contribution in [3.8, 4) is 0 Å². The summed E-state index contributed by atoms with van der Waals surface area (Å²) in [6.07, 6.45) is 1.90. The summed E-state index contributed by atoms with van der Waals surface area (Å²) in [5.41, 5.74) is 2.67. The van der Waals surface area contributed by atoms with Crippen molar-refractivity contribution in [2.45, 2.75) is 24.9 Å². The van der Waals surface area contributed by atoms with Crippen LogP contribution in [0.5, 0.6) is 0 Å². The normalized spacial score (nSPS) is 11.6. The molecule has 0 saturated carbocycles. The summed E-state index contributed by atoms with van der Waals surface area (Å²) in [6, 6.07) is 35.4. The topological polar surface area (TPSA) is 20.2 Å². The first-order valence-corrected chi connectivity index (χ1v) is 9.48. The Bertz CT molecular complexity index is 964. The maximum atomic E-state index is 11.6. The van der Waals surface area contributed by atoms with Gasteiger partial charge in [0.25, 0.3) is 0 Å². The van der Waals surface area contributed by atoms with E-state index in [1.165, 1.54) is 16.3 Å². The Morgan fingerprint density at radius 2 is 0.963 bits per heavy atom. The Labute approximate surface area is 160 Å². The van der Waals surface area contributed by atoms with E-state index in [0.29, 0.717) is 19.3 Å². The fourth-order valence-electron chi connectivity index (χ4n) is 3.87. The van der Waals surface area contributed by atoms with Crippen molar-refractivity contribution in [2.24, 2.45) is 0 Å². The number of aliphatic hydroxyl groups is 1. The highest BCUT2D eigenvalue weighted by atomic mass is 16.3. The lowest BCUT2D eigenvalue weighted by Gasteiger charge is -2.29. The van der Waals surface area contributed by atoms with Gasteiger partial charge in [0, 0.05) is 19.3 Å². The third kappa shape index (κ3) is 4.45. The second-order valence-electron chi connectivity index (χ2n) is 7.41. The van der Waals surface area contributed by atoms with Crippen LogP contribution in [0.4, 0.5) is 0 Å². The van der Waals surface area contributed by atoms with Crippen LogP contribution in [0.25, 0.3) is 10.8 Å². The average Bonchev–Trinajstić information content (AvgIpc) is 2.69. The Morgan fingerprint density at radius 3 is 1.56 bits per heavy atom. The molecule has 0 aromatic heterocycles. The molecule has 27 heavy (non-hydrogen) atoms. The van der Waals surface area contributed by atoms with Gasteiger partial charge in [-0.15, -0.1) is 0 Å². The smallest absolute Gasteiger partial charge is 0.0768 e. The highest BCUT2D eigenvalue weighted by molar-refractivity contribution is 5.83. The molecule has 0 atom stereocenters. The molecule has 0 fully saturated rings. The average molecular weight is 352 g/mol. The van der Waals surface area contributed by atoms with E-state index in [9.17, 15) is 5.11 Å². The first kappa shape index (κ1) is 17.5. The van der Waals surface area contributed by atoms with E-state index >= 15 is 0 Å². The highest BCUT2D eigenvalue weighted by Crippen LogP contribution is 2.26. The molecule has 0 saturated heterocycles. The molecule has 4 aromatic rings. The lowest BCUT2D eigenvalue weighted by atomic mass is 9.82. The maximum Gasteiger partial charge on any atom is 0.0768 e. The number of hydrogen-bond donors (Lipinski definition) is 1. The van der Waals surface area contributed by atoms with E-state index in [1.54, 1.807) is 0 Å². The molecule has 0 bridgehead atoms. The van der Waals surface area contributed by atoms with Crippen LogP contribution < -0.4 is 0 Å². The molecule has 0 spiro atoms. The number of fused-ring (bicyclic) bond motifs is 1. The molecule has 1 N–H and O–H groups in total. The Kier molecular flexibility index (Phi) is 5.04. The molecular formula is C26H24O. The minimum atomic E-state index is -0.828. The minimum Gasteiger partial charge on any atom is -0.389 e. The van der Waals surface area contributed by atoms with E-state index in [4.69, 9.17) is 0 Å². The van der Waals surface area contributed by atoms with Crippen LogP contribution in [0.2, 0.25) is 0 Å². The van der Waals surface area contributed by atoms with Gasteiger partial charge in [0.15, 0.2) is 0 Å². The van der Waals surface area contributed by atoms with Gasteiger partial charge in [-0.25, -0.2) is 0 Å². The van der Waals surface area contributed by atoms with Crippen LogP contribution >= 0.6 is 0 Å². The van der Waals surface area contributed by atoms with Crippen LogP contribution in [0, 0.1) is 0 Å². The van der Waals surface area contributed by atoms with Gasteiger partial charge in [0.05, 0.1) is 5.60 Å². The van der Waals surface area contributed by atoms with Crippen LogP contribution in [-0.4, -0.2) is 10.7 Å². The summed E-state index contributed by atoms with van der Waals surface area (Å²) in [5.74, 6) is 0. The van der Waals surface area contributed by atoms with E-state index < -0.39 is 5.60 Å². The fourth-order valence-corrected chi connectivity index (χ4v) is 3.87. The van der Waals surface area contributed by atoms with E-state index in [0.717, 1.165) is 11.1 Å². The number of benzene rings is 4. The molecule has 0 aliphatic heterocycles. The van der Waals surface area contributed by atoms with Gasteiger partial charge in [-0.3, -0.25) is 0 Å². The van der Waals surface area contributed by atoms with Crippen molar-refractivity contribution >= 4 is 10.8 Å². The number of hydrogen-bond acceptors (Lipinski definition) is 1. The molecular weight excluding hydrogens is 328 g/mol. The summed E-state index contributed by atoms with van der Waals surface area (Å²) in [5, 5.41) is 14.1. The molecule has 0 amide bonds. The number of rotatable bonds is 6. The van der Waals surface area contributed by atoms with E-state index in [1.807, 2.05) is 36.4 Å². The van der Waals surface area contributed by atoms with Crippen molar-refractivity contribution in [3.63, 3.8) is 0 Å². The van der Waals surface area contributed by atoms with E-state index in [-0.39, 0.29) is 0 Å². The van der Waals surface area contributed by atoms with Crippen molar-refractivity contribution in [1.82, 2.24) is 0 Å². The van der Waals surface area contributed by atoms with Gasteiger partial charge >= 0.3 is 0 Å². The summed E-state index contributed by atoms with van der Waals surface area (Å²) in [7, 11) is 0. The highest BCUT2D eigenvalue weighted by Gasteiger charge is 2.28. The molecule has 0 aliphatic rings. The zero-order chi connectivity index (χ0) is 18.5. The van der Waals surface area contributed by atoms with Crippen LogP contribution in [0.15, 0.2) is 103 Å². The summed E-state index contributed by atoms with van der Waals surface area (Å²) >= 11 is 0. The lowest BCUT2D eigenvalue weighted by Crippen LogP contribution is -2.36. The third-order valence-corrected chi connectivity index (χ3v) is 5.10. The predicted molar refractivity (Wildman–Crippen MR) is 113 cm³/mol. The molecule has 1 heteroatoms. The molecule has 0 heterocycles. The zero-order valence-corrected chi connectivity index (χ0v) is 15.4. The second-order valence-corrected chi connectivity index (χ2v) is 7.41. The second kappa shape index (κ2) is 7.77. The Hall–Kier alpha value is -2.90. The first-order chi connectivity index (χ1) is 13.2. The summed E-state index contributed by atoms with van der Waals surface area (Å²) in [6.45, 7) is 0. The summed E-state index contributed by atoms with van der Waals surface area (Å²) < 4.78 is 0. The van der Waals surface area contributed by atoms with Crippen molar-refractivity contribution in [3.05, 3.63) is 120 Å². The molecule has 134 valence electrons. The monoisotopic (exact) mass is 352 g/mol. The fraction of sp³-hybridized carbons (Fsp3) is 0.154. The van der Waals surface area contributed by atoms with Crippen molar-refractivity contribution < 1.29 is 5.11 Å². The van der Waals surface area contributed by atoms with Crippen molar-refractivity contribution in [1.29, 1.82) is 0 Å². The van der Waals surface area contributed by atoms with Gasteiger partial charge < -0.3 is 5.11 Å².